The predicted molar refractivity (Wildman–Crippen MR) is 144 cm³/mol. The van der Waals surface area contributed by atoms with Crippen LogP contribution < -0.4 is 15.5 Å². The van der Waals surface area contributed by atoms with E-state index in [1.54, 1.807) is 12.4 Å². The Hall–Kier alpha value is -2.44. The van der Waals surface area contributed by atoms with Crippen molar-refractivity contribution in [3.8, 4) is 0 Å². The number of anilines is 2. The number of nitrogens with two attached hydrogens (primary N) is 1. The van der Waals surface area contributed by atoms with E-state index in [0.29, 0.717) is 40.5 Å². The maximum Gasteiger partial charge on any atom is 0.181 e. The van der Waals surface area contributed by atoms with Crippen LogP contribution in [0.4, 0.5) is 11.6 Å². The van der Waals surface area contributed by atoms with Gasteiger partial charge in [-0.1, -0.05) is 23.4 Å². The van der Waals surface area contributed by atoms with Gasteiger partial charge in [0.2, 0.25) is 0 Å². The summed E-state index contributed by atoms with van der Waals surface area (Å²) in [7, 11) is 0. The largest absolute Gasteiger partial charge is 0.448 e. The minimum Gasteiger partial charge on any atom is -0.448 e. The third kappa shape index (κ3) is 4.44. The van der Waals surface area contributed by atoms with Gasteiger partial charge in [-0.05, 0) is 32.8 Å². The molecule has 1 aliphatic carbocycles. The topological polar surface area (TPSA) is 138 Å². The average Bonchev–Trinajstić information content (AvgIpc) is 3.41. The fraction of sp³-hybridized carbons (Fsp3) is 0.538. The van der Waals surface area contributed by atoms with E-state index in [2.05, 4.69) is 19.8 Å². The van der Waals surface area contributed by atoms with E-state index in [0.717, 1.165) is 48.7 Å². The van der Waals surface area contributed by atoms with Crippen molar-refractivity contribution in [3.05, 3.63) is 47.0 Å². The number of fused-ring (bicyclic) bond motifs is 1. The Morgan fingerprint density at radius 2 is 1.95 bits per heavy atom. The molecule has 1 atom stereocenters. The smallest absolute Gasteiger partial charge is 0.181 e. The SMILES string of the molecule is CC(C)(O)C1CN(c2nccc(Sc3cnc(N4CCC5(CC4)Cc4ocnc4[C@H]5N)c(CO)n3)c2Cl)C1. The molecule has 0 amide bonds. The number of oxazole rings is 1. The van der Waals surface area contributed by atoms with E-state index >= 15 is 0 Å². The number of piperidine rings is 1. The minimum absolute atomic E-state index is 0.0409. The van der Waals surface area contributed by atoms with Crippen LogP contribution in [-0.4, -0.2) is 61.9 Å². The van der Waals surface area contributed by atoms with Gasteiger partial charge in [0, 0.05) is 55.0 Å². The quantitative estimate of drug-likeness (QED) is 0.412. The van der Waals surface area contributed by atoms with Gasteiger partial charge in [-0.15, -0.1) is 0 Å². The van der Waals surface area contributed by atoms with Crippen molar-refractivity contribution in [3.63, 3.8) is 0 Å². The number of hydrogen-bond acceptors (Lipinski definition) is 11. The molecule has 3 aliphatic rings. The van der Waals surface area contributed by atoms with Crippen LogP contribution in [0, 0.1) is 11.3 Å². The summed E-state index contributed by atoms with van der Waals surface area (Å²) in [5.41, 5.74) is 7.23. The Labute approximate surface area is 230 Å². The molecule has 0 aromatic carbocycles. The van der Waals surface area contributed by atoms with Gasteiger partial charge in [0.25, 0.3) is 0 Å². The predicted octanol–water partition coefficient (Wildman–Crippen LogP) is 3.21. The molecule has 38 heavy (non-hydrogen) atoms. The van der Waals surface area contributed by atoms with E-state index in [1.165, 1.54) is 18.2 Å². The first-order valence-electron chi connectivity index (χ1n) is 12.9. The summed E-state index contributed by atoms with van der Waals surface area (Å²) in [5, 5.41) is 21.6. The first kappa shape index (κ1) is 25.8. The molecule has 2 saturated heterocycles. The number of halogens is 1. The van der Waals surface area contributed by atoms with E-state index < -0.39 is 5.60 Å². The van der Waals surface area contributed by atoms with Crippen molar-refractivity contribution in [2.24, 2.45) is 17.1 Å². The van der Waals surface area contributed by atoms with Crippen LogP contribution in [-0.2, 0) is 13.0 Å². The number of aliphatic hydroxyl groups excluding tert-OH is 1. The van der Waals surface area contributed by atoms with Gasteiger partial charge < -0.3 is 30.2 Å². The summed E-state index contributed by atoms with van der Waals surface area (Å²) >= 11 is 8.13. The first-order chi connectivity index (χ1) is 18.2. The van der Waals surface area contributed by atoms with Crippen molar-refractivity contribution < 1.29 is 14.6 Å². The molecule has 0 radical (unpaired) electrons. The zero-order chi connectivity index (χ0) is 26.7. The maximum absolute atomic E-state index is 10.2. The monoisotopic (exact) mass is 557 g/mol. The summed E-state index contributed by atoms with van der Waals surface area (Å²) in [6.45, 7) is 6.40. The van der Waals surface area contributed by atoms with E-state index in [1.807, 2.05) is 19.9 Å². The number of nitrogens with zero attached hydrogens (tertiary/aromatic N) is 6. The molecule has 0 unspecified atom stereocenters. The Kier molecular flexibility index (Phi) is 6.55. The first-order valence-corrected chi connectivity index (χ1v) is 14.1. The van der Waals surface area contributed by atoms with Crippen molar-refractivity contribution in [1.82, 2.24) is 19.9 Å². The van der Waals surface area contributed by atoms with Gasteiger partial charge in [-0.2, -0.15) is 0 Å². The molecule has 4 N–H and O–H groups in total. The lowest BCUT2D eigenvalue weighted by atomic mass is 9.73. The lowest BCUT2D eigenvalue weighted by molar-refractivity contribution is 0.00438. The van der Waals surface area contributed by atoms with Crippen LogP contribution in [0.25, 0.3) is 0 Å². The molecule has 6 rings (SSSR count). The van der Waals surface area contributed by atoms with E-state index in [-0.39, 0.29) is 24.0 Å². The van der Waals surface area contributed by atoms with Gasteiger partial charge in [0.15, 0.2) is 12.2 Å². The summed E-state index contributed by atoms with van der Waals surface area (Å²) in [6.07, 6.45) is 7.54. The fourth-order valence-corrected chi connectivity index (χ4v) is 6.93. The maximum atomic E-state index is 10.2. The molecular formula is C26H32ClN7O3S. The highest BCUT2D eigenvalue weighted by Gasteiger charge is 2.49. The van der Waals surface area contributed by atoms with Crippen LogP contribution in [0.2, 0.25) is 5.02 Å². The highest BCUT2D eigenvalue weighted by atomic mass is 35.5. The Balaban J connectivity index is 1.14. The van der Waals surface area contributed by atoms with Crippen molar-refractivity contribution in [2.75, 3.05) is 36.0 Å². The standard InChI is InChI=1S/C26H32ClN7O3S/c1-25(2,36)15-11-34(12-15)24-20(27)18(3-6-29-24)38-19-10-30-23(16(13-35)32-19)33-7-4-26(5-8-33)9-17-21(22(26)28)31-14-37-17/h3,6,10,14-15,22,35-36H,4-5,7-9,11-13,28H2,1-2H3/t22-/m1/s1. The molecule has 3 aromatic heterocycles. The van der Waals surface area contributed by atoms with Crippen molar-refractivity contribution in [2.45, 2.75) is 61.3 Å². The Morgan fingerprint density at radius 1 is 1.18 bits per heavy atom. The zero-order valence-corrected chi connectivity index (χ0v) is 23.0. The Bertz CT molecular complexity index is 1330. The molecule has 1 spiro atoms. The third-order valence-corrected chi connectivity index (χ3v) is 9.83. The lowest BCUT2D eigenvalue weighted by Gasteiger charge is -2.46. The summed E-state index contributed by atoms with van der Waals surface area (Å²) in [6, 6.07) is 1.74. The van der Waals surface area contributed by atoms with Crippen molar-refractivity contribution >= 4 is 35.0 Å². The normalized spacial score (nSPS) is 21.2. The molecule has 12 heteroatoms. The van der Waals surface area contributed by atoms with Gasteiger partial charge in [-0.25, -0.2) is 19.9 Å². The van der Waals surface area contributed by atoms with Gasteiger partial charge in [-0.3, -0.25) is 0 Å². The number of hydrogen-bond donors (Lipinski definition) is 3. The van der Waals surface area contributed by atoms with Crippen LogP contribution in [0.1, 0.15) is 49.9 Å². The molecule has 0 saturated carbocycles. The summed E-state index contributed by atoms with van der Waals surface area (Å²) < 4.78 is 5.55. The van der Waals surface area contributed by atoms with Crippen molar-refractivity contribution in [1.29, 1.82) is 0 Å². The minimum atomic E-state index is -0.731. The van der Waals surface area contributed by atoms with Crippen LogP contribution in [0.15, 0.2) is 39.2 Å². The number of aromatic nitrogens is 4. The number of pyridine rings is 1. The van der Waals surface area contributed by atoms with E-state index in [9.17, 15) is 10.2 Å². The second kappa shape index (κ2) is 9.63. The molecule has 2 aliphatic heterocycles. The summed E-state index contributed by atoms with van der Waals surface area (Å²) in [4.78, 5) is 23.3. The highest BCUT2D eigenvalue weighted by Crippen LogP contribution is 2.50. The van der Waals surface area contributed by atoms with Gasteiger partial charge in [0.05, 0.1) is 35.2 Å². The second-order valence-corrected chi connectivity index (χ2v) is 12.5. The molecule has 3 aromatic rings. The molecule has 2 fully saturated rings. The highest BCUT2D eigenvalue weighted by molar-refractivity contribution is 7.99. The van der Waals surface area contributed by atoms with Crippen LogP contribution >= 0.6 is 23.4 Å². The molecule has 10 nitrogen and oxygen atoms in total. The average molecular weight is 558 g/mol. The molecule has 5 heterocycles. The van der Waals surface area contributed by atoms with Crippen LogP contribution in [0.5, 0.6) is 0 Å². The Morgan fingerprint density at radius 3 is 2.63 bits per heavy atom. The van der Waals surface area contributed by atoms with Crippen LogP contribution in [0.3, 0.4) is 0 Å². The lowest BCUT2D eigenvalue weighted by Crippen LogP contribution is -2.56. The fourth-order valence-electron chi connectivity index (χ4n) is 5.78. The third-order valence-electron chi connectivity index (χ3n) is 8.38. The molecule has 0 bridgehead atoms. The number of aliphatic hydroxyl groups is 2. The van der Waals surface area contributed by atoms with Gasteiger partial charge >= 0.3 is 0 Å². The second-order valence-electron chi connectivity index (χ2n) is 11.1. The zero-order valence-electron chi connectivity index (χ0n) is 21.5. The molecular weight excluding hydrogens is 526 g/mol. The molecule has 202 valence electrons. The van der Waals surface area contributed by atoms with E-state index in [4.69, 9.17) is 31.7 Å². The van der Waals surface area contributed by atoms with Gasteiger partial charge in [0.1, 0.15) is 22.3 Å². The summed E-state index contributed by atoms with van der Waals surface area (Å²) in [5.74, 6) is 2.49. The number of rotatable bonds is 6.